The molecule has 1 aromatic carbocycles. The summed E-state index contributed by atoms with van der Waals surface area (Å²) in [6.45, 7) is 7.61. The topological polar surface area (TPSA) is 20.3 Å². The SMILES string of the molecule is CCCCCCCCCC(=O)N(CC1=CCC2CC1C2(C)C)c1ccc(F)cc1. The Morgan fingerprint density at radius 3 is 2.34 bits per heavy atom. The number of amides is 1. The van der Waals surface area contributed by atoms with Crippen molar-refractivity contribution in [1.29, 1.82) is 0 Å². The first-order valence-electron chi connectivity index (χ1n) is 11.7. The van der Waals surface area contributed by atoms with Gasteiger partial charge in [0.15, 0.2) is 0 Å². The summed E-state index contributed by atoms with van der Waals surface area (Å²) in [6, 6.07) is 6.41. The molecule has 3 aliphatic carbocycles. The molecule has 0 heterocycles. The van der Waals surface area contributed by atoms with E-state index in [1.165, 1.54) is 56.2 Å². The highest BCUT2D eigenvalue weighted by atomic mass is 19.1. The molecule has 4 rings (SSSR count). The number of nitrogens with zero attached hydrogens (tertiary/aromatic N) is 1. The molecular formula is C26H38FNO. The van der Waals surface area contributed by atoms with Gasteiger partial charge in [0.2, 0.25) is 5.91 Å². The minimum atomic E-state index is -0.256. The molecule has 0 N–H and O–H groups in total. The summed E-state index contributed by atoms with van der Waals surface area (Å²) in [4.78, 5) is 15.0. The van der Waals surface area contributed by atoms with Crippen molar-refractivity contribution in [3.63, 3.8) is 0 Å². The van der Waals surface area contributed by atoms with Gasteiger partial charge < -0.3 is 4.90 Å². The number of allylic oxidation sites excluding steroid dienone is 1. The van der Waals surface area contributed by atoms with E-state index in [1.54, 1.807) is 12.1 Å². The second kappa shape index (κ2) is 9.91. The molecule has 0 aliphatic heterocycles. The van der Waals surface area contributed by atoms with Gasteiger partial charge in [0, 0.05) is 18.7 Å². The first-order valence-corrected chi connectivity index (χ1v) is 11.7. The third-order valence-corrected chi connectivity index (χ3v) is 7.36. The lowest BCUT2D eigenvalue weighted by Gasteiger charge is -2.57. The lowest BCUT2D eigenvalue weighted by molar-refractivity contribution is -0.118. The number of carbonyl (C=O) groups is 1. The first kappa shape index (κ1) is 22.1. The van der Waals surface area contributed by atoms with Gasteiger partial charge >= 0.3 is 0 Å². The van der Waals surface area contributed by atoms with Crippen molar-refractivity contribution in [2.45, 2.75) is 85.0 Å². The predicted molar refractivity (Wildman–Crippen MR) is 119 cm³/mol. The summed E-state index contributed by atoms with van der Waals surface area (Å²) in [5.74, 6) is 1.29. The van der Waals surface area contributed by atoms with Crippen LogP contribution in [0.25, 0.3) is 0 Å². The maximum Gasteiger partial charge on any atom is 0.227 e. The number of carbonyl (C=O) groups excluding carboxylic acids is 1. The number of halogens is 1. The molecule has 2 nitrogen and oxygen atoms in total. The number of anilines is 1. The largest absolute Gasteiger partial charge is 0.308 e. The molecule has 1 saturated carbocycles. The Balaban J connectivity index is 1.60. The van der Waals surface area contributed by atoms with Gasteiger partial charge in [-0.3, -0.25) is 4.79 Å². The van der Waals surface area contributed by atoms with E-state index in [0.717, 1.165) is 30.9 Å². The van der Waals surface area contributed by atoms with E-state index >= 15 is 0 Å². The molecule has 3 heteroatoms. The van der Waals surface area contributed by atoms with Crippen LogP contribution < -0.4 is 4.90 Å². The molecule has 0 aromatic heterocycles. The summed E-state index contributed by atoms with van der Waals surface area (Å²) in [5.41, 5.74) is 2.56. The molecule has 1 aromatic rings. The van der Waals surface area contributed by atoms with Gasteiger partial charge in [-0.1, -0.05) is 70.9 Å². The van der Waals surface area contributed by atoms with Crippen molar-refractivity contribution >= 4 is 11.6 Å². The van der Waals surface area contributed by atoms with Crippen LogP contribution in [0.2, 0.25) is 0 Å². The van der Waals surface area contributed by atoms with Crippen LogP contribution in [0.15, 0.2) is 35.9 Å². The fourth-order valence-corrected chi connectivity index (χ4v) is 5.15. The summed E-state index contributed by atoms with van der Waals surface area (Å²) in [7, 11) is 0. The van der Waals surface area contributed by atoms with E-state index in [2.05, 4.69) is 26.8 Å². The van der Waals surface area contributed by atoms with Crippen LogP contribution in [0.3, 0.4) is 0 Å². The maximum absolute atomic E-state index is 13.4. The third kappa shape index (κ3) is 5.29. The molecular weight excluding hydrogens is 361 g/mol. The highest BCUT2D eigenvalue weighted by Gasteiger charge is 2.51. The van der Waals surface area contributed by atoms with Gasteiger partial charge in [-0.2, -0.15) is 0 Å². The van der Waals surface area contributed by atoms with Gasteiger partial charge in [-0.25, -0.2) is 4.39 Å². The Morgan fingerprint density at radius 2 is 1.72 bits per heavy atom. The second-order valence-corrected chi connectivity index (χ2v) is 9.65. The Morgan fingerprint density at radius 1 is 1.07 bits per heavy atom. The van der Waals surface area contributed by atoms with Crippen molar-refractivity contribution in [1.82, 2.24) is 0 Å². The third-order valence-electron chi connectivity index (χ3n) is 7.36. The molecule has 0 saturated heterocycles. The van der Waals surface area contributed by atoms with Crippen LogP contribution in [0.4, 0.5) is 10.1 Å². The minimum absolute atomic E-state index is 0.172. The second-order valence-electron chi connectivity index (χ2n) is 9.65. The van der Waals surface area contributed by atoms with Crippen LogP contribution in [-0.4, -0.2) is 12.5 Å². The molecule has 3 aliphatic rings. The van der Waals surface area contributed by atoms with Gasteiger partial charge in [0.05, 0.1) is 0 Å². The molecule has 1 amide bonds. The van der Waals surface area contributed by atoms with E-state index in [4.69, 9.17) is 0 Å². The van der Waals surface area contributed by atoms with Crippen molar-refractivity contribution < 1.29 is 9.18 Å². The maximum atomic E-state index is 13.4. The van der Waals surface area contributed by atoms with E-state index in [1.807, 2.05) is 4.90 Å². The van der Waals surface area contributed by atoms with Crippen molar-refractivity contribution in [2.75, 3.05) is 11.4 Å². The zero-order valence-corrected chi connectivity index (χ0v) is 18.6. The number of hydrogen-bond acceptors (Lipinski definition) is 1. The smallest absolute Gasteiger partial charge is 0.227 e. The van der Waals surface area contributed by atoms with Crippen molar-refractivity contribution in [2.24, 2.45) is 17.3 Å². The molecule has 29 heavy (non-hydrogen) atoms. The van der Waals surface area contributed by atoms with Gasteiger partial charge in [-0.05, 0) is 60.8 Å². The molecule has 160 valence electrons. The van der Waals surface area contributed by atoms with Crippen molar-refractivity contribution in [3.8, 4) is 0 Å². The fraction of sp³-hybridized carbons (Fsp3) is 0.654. The lowest BCUT2D eigenvalue weighted by Crippen LogP contribution is -2.50. The number of benzene rings is 1. The zero-order chi connectivity index (χ0) is 20.9. The molecule has 2 bridgehead atoms. The molecule has 0 radical (unpaired) electrons. The van der Waals surface area contributed by atoms with Crippen LogP contribution in [-0.2, 0) is 4.79 Å². The first-order chi connectivity index (χ1) is 13.9. The Hall–Kier alpha value is -1.64. The summed E-state index contributed by atoms with van der Waals surface area (Å²) in [5, 5.41) is 0. The monoisotopic (exact) mass is 399 g/mol. The normalized spacial score (nSPS) is 22.0. The van der Waals surface area contributed by atoms with Crippen LogP contribution >= 0.6 is 0 Å². The zero-order valence-electron chi connectivity index (χ0n) is 18.6. The molecule has 2 unspecified atom stereocenters. The minimum Gasteiger partial charge on any atom is -0.308 e. The van der Waals surface area contributed by atoms with Gasteiger partial charge in [-0.15, -0.1) is 0 Å². The Kier molecular flexibility index (Phi) is 7.54. The van der Waals surface area contributed by atoms with E-state index in [0.29, 0.717) is 24.3 Å². The summed E-state index contributed by atoms with van der Waals surface area (Å²) in [6.07, 6.45) is 13.7. The summed E-state index contributed by atoms with van der Waals surface area (Å²) >= 11 is 0. The highest BCUT2D eigenvalue weighted by molar-refractivity contribution is 5.93. The quantitative estimate of drug-likeness (QED) is 0.282. The molecule has 0 spiro atoms. The van der Waals surface area contributed by atoms with Crippen LogP contribution in [0.5, 0.6) is 0 Å². The van der Waals surface area contributed by atoms with Crippen LogP contribution in [0.1, 0.15) is 85.0 Å². The molecule has 1 fully saturated rings. The number of unbranched alkanes of at least 4 members (excludes halogenated alkanes) is 6. The predicted octanol–water partition coefficient (Wildman–Crippen LogP) is 7.29. The van der Waals surface area contributed by atoms with Crippen LogP contribution in [0, 0.1) is 23.1 Å². The average molecular weight is 400 g/mol. The standard InChI is InChI=1S/C26H38FNO/c1-4-5-6-7-8-9-10-11-25(29)28(23-16-14-22(27)15-17-23)19-20-12-13-21-18-24(20)26(21,2)3/h12,14-17,21,24H,4-11,13,18-19H2,1-3H3. The van der Waals surface area contributed by atoms with E-state index in [9.17, 15) is 9.18 Å². The average Bonchev–Trinajstić information content (AvgIpc) is 2.72. The fourth-order valence-electron chi connectivity index (χ4n) is 5.15. The Labute approximate surface area is 176 Å². The van der Waals surface area contributed by atoms with E-state index < -0.39 is 0 Å². The summed E-state index contributed by atoms with van der Waals surface area (Å²) < 4.78 is 13.4. The number of rotatable bonds is 11. The molecule has 2 atom stereocenters. The Bertz CT molecular complexity index is 706. The van der Waals surface area contributed by atoms with Crippen molar-refractivity contribution in [3.05, 3.63) is 41.7 Å². The van der Waals surface area contributed by atoms with Gasteiger partial charge in [0.25, 0.3) is 0 Å². The number of hydrogen-bond donors (Lipinski definition) is 0. The van der Waals surface area contributed by atoms with Gasteiger partial charge in [0.1, 0.15) is 5.82 Å². The lowest BCUT2D eigenvalue weighted by atomic mass is 9.49. The van der Waals surface area contributed by atoms with E-state index in [-0.39, 0.29) is 11.7 Å². The number of fused-ring (bicyclic) bond motifs is 1. The highest BCUT2D eigenvalue weighted by Crippen LogP contribution is 2.59.